The van der Waals surface area contributed by atoms with Crippen molar-refractivity contribution in [2.45, 2.75) is 13.8 Å². The maximum absolute atomic E-state index is 12.7. The number of nitrogens with two attached hydrogens (primary N) is 1. The van der Waals surface area contributed by atoms with Gasteiger partial charge in [-0.1, -0.05) is 12.1 Å². The number of aryl methyl sites for hydroxylation is 2. The van der Waals surface area contributed by atoms with Gasteiger partial charge in [0, 0.05) is 11.3 Å². The number of primary amides is 1. The number of nitrogens with one attached hydrogen (secondary N) is 2. The van der Waals surface area contributed by atoms with Crippen LogP contribution < -0.4 is 16.4 Å². The van der Waals surface area contributed by atoms with Gasteiger partial charge in [0.05, 0.1) is 16.8 Å². The second-order valence-electron chi connectivity index (χ2n) is 6.16. The number of rotatable bonds is 3. The minimum atomic E-state index is -0.789. The van der Waals surface area contributed by atoms with Crippen LogP contribution in [0.1, 0.15) is 27.0 Å². The number of para-hydroxylation sites is 1. The van der Waals surface area contributed by atoms with Crippen molar-refractivity contribution < 1.29 is 14.4 Å². The summed E-state index contributed by atoms with van der Waals surface area (Å²) in [6.45, 7) is 3.79. The quantitative estimate of drug-likeness (QED) is 0.573. The lowest BCUT2D eigenvalue weighted by Gasteiger charge is -2.09. The highest BCUT2D eigenvalue weighted by molar-refractivity contribution is 6.37. The van der Waals surface area contributed by atoms with Crippen molar-refractivity contribution in [1.29, 1.82) is 5.26 Å². The highest BCUT2D eigenvalue weighted by atomic mass is 16.2. The van der Waals surface area contributed by atoms with Crippen LogP contribution in [0.2, 0.25) is 0 Å². The minimum absolute atomic E-state index is 0.00431. The highest BCUT2D eigenvalue weighted by Crippen LogP contribution is 2.36. The molecule has 3 amide bonds. The number of anilines is 2. The number of nitriles is 1. The Morgan fingerprint density at radius 1 is 1.15 bits per heavy atom. The van der Waals surface area contributed by atoms with E-state index in [9.17, 15) is 19.6 Å². The number of benzene rings is 2. The van der Waals surface area contributed by atoms with E-state index in [2.05, 4.69) is 10.6 Å². The van der Waals surface area contributed by atoms with Crippen LogP contribution in [0.4, 0.5) is 11.4 Å². The molecular weight excluding hydrogens is 344 g/mol. The third-order valence-electron chi connectivity index (χ3n) is 4.41. The predicted octanol–water partition coefficient (Wildman–Crippen LogP) is 2.27. The molecule has 1 aliphatic heterocycles. The number of fused-ring (bicyclic) bond motifs is 1. The zero-order valence-corrected chi connectivity index (χ0v) is 14.7. The second-order valence-corrected chi connectivity index (χ2v) is 6.16. The number of carbonyl (C=O) groups is 3. The molecule has 0 fully saturated rings. The summed E-state index contributed by atoms with van der Waals surface area (Å²) in [6, 6.07) is 11.5. The highest BCUT2D eigenvalue weighted by Gasteiger charge is 2.31. The fourth-order valence-corrected chi connectivity index (χ4v) is 2.89. The van der Waals surface area contributed by atoms with Crippen LogP contribution in [0.15, 0.2) is 42.0 Å². The number of amides is 3. The Morgan fingerprint density at radius 2 is 1.81 bits per heavy atom. The standard InChI is InChI=1S/C20H16N4O3/c1-10-7-13-16(8-11(10)2)24-20(27)17(13)14(9-21)19(26)23-15-6-4-3-5-12(15)18(22)25/h3-8H,1-2H3,(H2,22,25)(H,23,26)(H,24,27)/b17-14-. The van der Waals surface area contributed by atoms with Crippen LogP contribution in [-0.4, -0.2) is 17.7 Å². The van der Waals surface area contributed by atoms with Gasteiger partial charge in [0.2, 0.25) is 0 Å². The summed E-state index contributed by atoms with van der Waals surface area (Å²) in [5, 5.41) is 14.7. The van der Waals surface area contributed by atoms with E-state index in [0.717, 1.165) is 11.1 Å². The largest absolute Gasteiger partial charge is 0.366 e. The predicted molar refractivity (Wildman–Crippen MR) is 101 cm³/mol. The van der Waals surface area contributed by atoms with Gasteiger partial charge in [-0.05, 0) is 49.2 Å². The van der Waals surface area contributed by atoms with Crippen molar-refractivity contribution in [3.63, 3.8) is 0 Å². The molecule has 27 heavy (non-hydrogen) atoms. The average molecular weight is 360 g/mol. The van der Waals surface area contributed by atoms with Gasteiger partial charge >= 0.3 is 0 Å². The number of nitrogens with zero attached hydrogens (tertiary/aromatic N) is 1. The molecule has 0 unspecified atom stereocenters. The maximum atomic E-state index is 12.7. The molecule has 1 heterocycles. The molecule has 2 aromatic rings. The molecule has 0 bridgehead atoms. The zero-order chi connectivity index (χ0) is 19.7. The summed E-state index contributed by atoms with van der Waals surface area (Å²) < 4.78 is 0. The van der Waals surface area contributed by atoms with Crippen molar-refractivity contribution in [1.82, 2.24) is 0 Å². The topological polar surface area (TPSA) is 125 Å². The number of hydrogen-bond acceptors (Lipinski definition) is 4. The molecule has 0 aliphatic carbocycles. The van der Waals surface area contributed by atoms with E-state index in [1.54, 1.807) is 24.3 Å². The molecule has 1 aliphatic rings. The Hall–Kier alpha value is -3.92. The minimum Gasteiger partial charge on any atom is -0.366 e. The van der Waals surface area contributed by atoms with E-state index in [0.29, 0.717) is 11.3 Å². The van der Waals surface area contributed by atoms with Gasteiger partial charge in [0.1, 0.15) is 11.6 Å². The lowest BCUT2D eigenvalue weighted by Crippen LogP contribution is -2.20. The second kappa shape index (κ2) is 6.77. The smallest absolute Gasteiger partial charge is 0.267 e. The lowest BCUT2D eigenvalue weighted by molar-refractivity contribution is -0.113. The molecule has 7 heteroatoms. The molecule has 134 valence electrons. The van der Waals surface area contributed by atoms with E-state index in [1.807, 2.05) is 19.9 Å². The summed E-state index contributed by atoms with van der Waals surface area (Å²) in [5.41, 5.74) is 8.21. The molecule has 0 saturated carbocycles. The van der Waals surface area contributed by atoms with Crippen molar-refractivity contribution in [3.05, 3.63) is 64.2 Å². The van der Waals surface area contributed by atoms with E-state index in [4.69, 9.17) is 5.73 Å². The Balaban J connectivity index is 2.07. The van der Waals surface area contributed by atoms with Crippen molar-refractivity contribution >= 4 is 34.7 Å². The van der Waals surface area contributed by atoms with Gasteiger partial charge in [-0.15, -0.1) is 0 Å². The first-order chi connectivity index (χ1) is 12.8. The Bertz CT molecular complexity index is 1080. The first-order valence-electron chi connectivity index (χ1n) is 8.11. The van der Waals surface area contributed by atoms with Crippen LogP contribution in [0.25, 0.3) is 5.57 Å². The van der Waals surface area contributed by atoms with Crippen LogP contribution in [0.3, 0.4) is 0 Å². The summed E-state index contributed by atoms with van der Waals surface area (Å²) >= 11 is 0. The fraction of sp³-hybridized carbons (Fsp3) is 0.100. The van der Waals surface area contributed by atoms with E-state index in [1.165, 1.54) is 12.1 Å². The SMILES string of the molecule is Cc1cc2c(cc1C)/C(=C(\C#N)C(=O)Nc1ccccc1C(N)=O)C(=O)N2. The lowest BCUT2D eigenvalue weighted by atomic mass is 9.97. The Morgan fingerprint density at radius 3 is 2.48 bits per heavy atom. The third kappa shape index (κ3) is 3.16. The molecule has 3 rings (SSSR count). The van der Waals surface area contributed by atoms with Gasteiger partial charge < -0.3 is 16.4 Å². The third-order valence-corrected chi connectivity index (χ3v) is 4.41. The molecule has 0 radical (unpaired) electrons. The molecule has 0 spiro atoms. The van der Waals surface area contributed by atoms with Crippen LogP contribution in [0, 0.1) is 25.2 Å². The molecule has 0 atom stereocenters. The molecule has 4 N–H and O–H groups in total. The molecule has 2 aromatic carbocycles. The van der Waals surface area contributed by atoms with Crippen LogP contribution in [-0.2, 0) is 9.59 Å². The summed E-state index contributed by atoms with van der Waals surface area (Å²) in [6.07, 6.45) is 0. The molecule has 0 aromatic heterocycles. The zero-order valence-electron chi connectivity index (χ0n) is 14.7. The Labute approximate surface area is 155 Å². The monoisotopic (exact) mass is 360 g/mol. The van der Waals surface area contributed by atoms with Crippen molar-refractivity contribution in [2.24, 2.45) is 5.73 Å². The summed E-state index contributed by atoms with van der Waals surface area (Å²) in [7, 11) is 0. The van der Waals surface area contributed by atoms with Crippen LogP contribution >= 0.6 is 0 Å². The van der Waals surface area contributed by atoms with Crippen LogP contribution in [0.5, 0.6) is 0 Å². The maximum Gasteiger partial charge on any atom is 0.267 e. The average Bonchev–Trinajstić information content (AvgIpc) is 2.92. The fourth-order valence-electron chi connectivity index (χ4n) is 2.89. The van der Waals surface area contributed by atoms with E-state index in [-0.39, 0.29) is 22.4 Å². The van der Waals surface area contributed by atoms with Gasteiger partial charge in [-0.3, -0.25) is 14.4 Å². The van der Waals surface area contributed by atoms with E-state index < -0.39 is 17.7 Å². The van der Waals surface area contributed by atoms with Gasteiger partial charge in [0.25, 0.3) is 17.7 Å². The van der Waals surface area contributed by atoms with Gasteiger partial charge in [-0.2, -0.15) is 5.26 Å². The van der Waals surface area contributed by atoms with Gasteiger partial charge in [0.15, 0.2) is 0 Å². The van der Waals surface area contributed by atoms with Crippen molar-refractivity contribution in [2.75, 3.05) is 10.6 Å². The molecular formula is C20H16N4O3. The first-order valence-corrected chi connectivity index (χ1v) is 8.11. The molecule has 0 saturated heterocycles. The molecule has 7 nitrogen and oxygen atoms in total. The number of carbonyl (C=O) groups excluding carboxylic acids is 3. The summed E-state index contributed by atoms with van der Waals surface area (Å²) in [5.74, 6) is -2.03. The Kier molecular flexibility index (Phi) is 4.48. The summed E-state index contributed by atoms with van der Waals surface area (Å²) in [4.78, 5) is 36.6. The van der Waals surface area contributed by atoms with Crippen molar-refractivity contribution in [3.8, 4) is 6.07 Å². The number of hydrogen-bond donors (Lipinski definition) is 3. The van der Waals surface area contributed by atoms with E-state index >= 15 is 0 Å². The normalized spacial score (nSPS) is 14.0. The van der Waals surface area contributed by atoms with Gasteiger partial charge in [-0.25, -0.2) is 0 Å². The first kappa shape index (κ1) is 17.9.